The molecule has 0 spiro atoms. The van der Waals surface area contributed by atoms with Crippen molar-refractivity contribution in [3.05, 3.63) is 0 Å². The van der Waals surface area contributed by atoms with Gasteiger partial charge in [-0.3, -0.25) is 0 Å². The van der Waals surface area contributed by atoms with Crippen LogP contribution in [0, 0.1) is 0 Å². The van der Waals surface area contributed by atoms with E-state index in [0.717, 1.165) is 32.7 Å². The van der Waals surface area contributed by atoms with Crippen molar-refractivity contribution in [2.24, 2.45) is 0 Å². The van der Waals surface area contributed by atoms with Gasteiger partial charge >= 0.3 is 0 Å². The molecule has 15 heavy (non-hydrogen) atoms. The van der Waals surface area contributed by atoms with Gasteiger partial charge in [-0.2, -0.15) is 0 Å². The number of ether oxygens (including phenoxy) is 3. The van der Waals surface area contributed by atoms with Crippen LogP contribution in [0.4, 0.5) is 0 Å². The molecule has 1 aliphatic rings. The van der Waals surface area contributed by atoms with E-state index in [-0.39, 0.29) is 0 Å². The topological polar surface area (TPSA) is 39.7 Å². The van der Waals surface area contributed by atoms with Crippen LogP contribution in [0.2, 0.25) is 0 Å². The molecule has 0 radical (unpaired) electrons. The lowest BCUT2D eigenvalue weighted by atomic mass is 10.2. The number of nitrogens with one attached hydrogen (secondary N) is 1. The van der Waals surface area contributed by atoms with Gasteiger partial charge < -0.3 is 19.5 Å². The fraction of sp³-hybridized carbons (Fsp3) is 1.00. The highest BCUT2D eigenvalue weighted by molar-refractivity contribution is 4.65. The number of hydrogen-bond donors (Lipinski definition) is 1. The summed E-state index contributed by atoms with van der Waals surface area (Å²) < 4.78 is 15.7. The third-order valence-corrected chi connectivity index (χ3v) is 2.52. The minimum atomic E-state index is 0.493. The molecule has 4 nitrogen and oxygen atoms in total. The minimum Gasteiger partial charge on any atom is -0.382 e. The van der Waals surface area contributed by atoms with E-state index in [1.54, 1.807) is 7.11 Å². The van der Waals surface area contributed by atoms with Gasteiger partial charge in [0.25, 0.3) is 0 Å². The monoisotopic (exact) mass is 217 g/mol. The first-order valence-corrected chi connectivity index (χ1v) is 5.82. The van der Waals surface area contributed by atoms with Crippen LogP contribution in [-0.4, -0.2) is 52.7 Å². The lowest BCUT2D eigenvalue weighted by molar-refractivity contribution is 0.0708. The predicted molar refractivity (Wildman–Crippen MR) is 59.2 cm³/mol. The Morgan fingerprint density at radius 1 is 1.27 bits per heavy atom. The third kappa shape index (κ3) is 6.84. The molecular formula is C11H23NO3. The van der Waals surface area contributed by atoms with Crippen LogP contribution in [0.5, 0.6) is 0 Å². The van der Waals surface area contributed by atoms with Crippen LogP contribution in [0.3, 0.4) is 0 Å². The minimum absolute atomic E-state index is 0.493. The van der Waals surface area contributed by atoms with Crippen molar-refractivity contribution < 1.29 is 14.2 Å². The molecule has 4 heteroatoms. The van der Waals surface area contributed by atoms with E-state index in [1.165, 1.54) is 12.8 Å². The van der Waals surface area contributed by atoms with E-state index in [4.69, 9.17) is 14.2 Å². The maximum absolute atomic E-state index is 5.52. The Morgan fingerprint density at radius 3 is 2.93 bits per heavy atom. The molecule has 0 aliphatic carbocycles. The van der Waals surface area contributed by atoms with Gasteiger partial charge in [0.2, 0.25) is 0 Å². The second-order valence-electron chi connectivity index (χ2n) is 3.78. The third-order valence-electron chi connectivity index (χ3n) is 2.52. The predicted octanol–water partition coefficient (Wildman–Crippen LogP) is 0.808. The molecule has 0 aromatic carbocycles. The lowest BCUT2D eigenvalue weighted by Crippen LogP contribution is -2.24. The molecule has 1 unspecified atom stereocenters. The van der Waals surface area contributed by atoms with Crippen molar-refractivity contribution in [3.8, 4) is 0 Å². The van der Waals surface area contributed by atoms with Crippen molar-refractivity contribution in [2.75, 3.05) is 46.6 Å². The maximum atomic E-state index is 5.52. The van der Waals surface area contributed by atoms with Crippen molar-refractivity contribution in [1.29, 1.82) is 0 Å². The first-order valence-electron chi connectivity index (χ1n) is 5.82. The van der Waals surface area contributed by atoms with Gasteiger partial charge in [0.15, 0.2) is 0 Å². The molecule has 0 amide bonds. The Balaban J connectivity index is 1.73. The quantitative estimate of drug-likeness (QED) is 0.580. The number of hydrogen-bond acceptors (Lipinski definition) is 4. The summed E-state index contributed by atoms with van der Waals surface area (Å²) in [5.41, 5.74) is 0. The van der Waals surface area contributed by atoms with Gasteiger partial charge in [0.05, 0.1) is 25.9 Å². The van der Waals surface area contributed by atoms with E-state index in [9.17, 15) is 0 Å². The van der Waals surface area contributed by atoms with Crippen molar-refractivity contribution in [2.45, 2.75) is 25.4 Å². The standard InChI is InChI=1S/C11H23NO3/c1-13-9-10-14-8-6-12-5-4-11-3-2-7-15-11/h11-12H,2-10H2,1H3. The molecule has 1 fully saturated rings. The van der Waals surface area contributed by atoms with E-state index in [0.29, 0.717) is 19.3 Å². The zero-order chi connectivity index (χ0) is 10.8. The van der Waals surface area contributed by atoms with Crippen LogP contribution in [0.15, 0.2) is 0 Å². The van der Waals surface area contributed by atoms with Crippen LogP contribution in [0.1, 0.15) is 19.3 Å². The van der Waals surface area contributed by atoms with Crippen LogP contribution >= 0.6 is 0 Å². The molecule has 0 aromatic rings. The van der Waals surface area contributed by atoms with Gasteiger partial charge in [-0.1, -0.05) is 0 Å². The second-order valence-corrected chi connectivity index (χ2v) is 3.78. The molecule has 0 aromatic heterocycles. The molecule has 1 atom stereocenters. The molecule has 0 bridgehead atoms. The number of methoxy groups -OCH3 is 1. The highest BCUT2D eigenvalue weighted by Crippen LogP contribution is 2.14. The second kappa shape index (κ2) is 9.09. The van der Waals surface area contributed by atoms with Gasteiger partial charge in [0, 0.05) is 20.3 Å². The summed E-state index contributed by atoms with van der Waals surface area (Å²) in [4.78, 5) is 0. The van der Waals surface area contributed by atoms with Gasteiger partial charge in [0.1, 0.15) is 0 Å². The molecule has 0 saturated carbocycles. The zero-order valence-electron chi connectivity index (χ0n) is 9.67. The molecule has 1 N–H and O–H groups in total. The lowest BCUT2D eigenvalue weighted by Gasteiger charge is -2.10. The molecular weight excluding hydrogens is 194 g/mol. The summed E-state index contributed by atoms with van der Waals surface area (Å²) in [6, 6.07) is 0. The van der Waals surface area contributed by atoms with Crippen molar-refractivity contribution in [1.82, 2.24) is 5.32 Å². The summed E-state index contributed by atoms with van der Waals surface area (Å²) in [7, 11) is 1.68. The Kier molecular flexibility index (Phi) is 7.83. The molecule has 1 rings (SSSR count). The SMILES string of the molecule is COCCOCCNCCC1CCCO1. The summed E-state index contributed by atoms with van der Waals surface area (Å²) in [5.74, 6) is 0. The van der Waals surface area contributed by atoms with Crippen LogP contribution in [0.25, 0.3) is 0 Å². The molecule has 1 aliphatic heterocycles. The van der Waals surface area contributed by atoms with Crippen LogP contribution in [-0.2, 0) is 14.2 Å². The van der Waals surface area contributed by atoms with Gasteiger partial charge in [-0.25, -0.2) is 0 Å². The molecule has 90 valence electrons. The summed E-state index contributed by atoms with van der Waals surface area (Å²) in [6.45, 7) is 5.01. The van der Waals surface area contributed by atoms with E-state index >= 15 is 0 Å². The maximum Gasteiger partial charge on any atom is 0.0700 e. The Morgan fingerprint density at radius 2 is 2.20 bits per heavy atom. The highest BCUT2D eigenvalue weighted by atomic mass is 16.5. The Labute approximate surface area is 92.3 Å². The highest BCUT2D eigenvalue weighted by Gasteiger charge is 2.13. The fourth-order valence-electron chi connectivity index (χ4n) is 1.65. The molecule has 1 heterocycles. The Bertz CT molecular complexity index is 138. The number of rotatable bonds is 9. The largest absolute Gasteiger partial charge is 0.382 e. The summed E-state index contributed by atoms with van der Waals surface area (Å²) in [5, 5.41) is 3.34. The normalized spacial score (nSPS) is 21.0. The van der Waals surface area contributed by atoms with Gasteiger partial charge in [-0.05, 0) is 25.8 Å². The summed E-state index contributed by atoms with van der Waals surface area (Å²) in [6.07, 6.45) is 4.07. The average Bonchev–Trinajstić information content (AvgIpc) is 2.75. The van der Waals surface area contributed by atoms with Crippen LogP contribution < -0.4 is 5.32 Å². The van der Waals surface area contributed by atoms with Crippen molar-refractivity contribution in [3.63, 3.8) is 0 Å². The average molecular weight is 217 g/mol. The Hall–Kier alpha value is -0.160. The molecule has 1 saturated heterocycles. The first-order chi connectivity index (χ1) is 7.43. The van der Waals surface area contributed by atoms with E-state index < -0.39 is 0 Å². The smallest absolute Gasteiger partial charge is 0.0700 e. The van der Waals surface area contributed by atoms with E-state index in [2.05, 4.69) is 5.32 Å². The van der Waals surface area contributed by atoms with E-state index in [1.807, 2.05) is 0 Å². The zero-order valence-corrected chi connectivity index (χ0v) is 9.67. The van der Waals surface area contributed by atoms with Crippen molar-refractivity contribution >= 4 is 0 Å². The van der Waals surface area contributed by atoms with Gasteiger partial charge in [-0.15, -0.1) is 0 Å². The first kappa shape index (κ1) is 12.9. The summed E-state index contributed by atoms with van der Waals surface area (Å²) >= 11 is 0. The fourth-order valence-corrected chi connectivity index (χ4v) is 1.65.